The number of hydrogen-bond donors (Lipinski definition) is 1. The molecule has 0 amide bonds. The largest absolute Gasteiger partial charge is 0.496 e. The lowest BCUT2D eigenvalue weighted by Gasteiger charge is -2.08. The smallest absolute Gasteiger partial charge is 0.126 e. The molecule has 0 aliphatic carbocycles. The molecule has 0 unspecified atom stereocenters. The maximum atomic E-state index is 5.41. The van der Waals surface area contributed by atoms with Gasteiger partial charge in [-0.05, 0) is 29.0 Å². The van der Waals surface area contributed by atoms with Crippen LogP contribution < -0.4 is 4.74 Å². The number of allylic oxidation sites excluding steroid dienone is 1. The van der Waals surface area contributed by atoms with E-state index in [4.69, 9.17) is 4.74 Å². The van der Waals surface area contributed by atoms with Crippen LogP contribution in [0.3, 0.4) is 0 Å². The van der Waals surface area contributed by atoms with Gasteiger partial charge < -0.3 is 4.74 Å². The number of thiol groups is 1. The fourth-order valence-corrected chi connectivity index (χ4v) is 2.05. The highest BCUT2D eigenvalue weighted by Crippen LogP contribution is 2.29. The van der Waals surface area contributed by atoms with Crippen molar-refractivity contribution in [3.8, 4) is 5.75 Å². The Balaban J connectivity index is 2.55. The molecule has 2 aromatic rings. The van der Waals surface area contributed by atoms with Gasteiger partial charge in [0, 0.05) is 5.56 Å². The van der Waals surface area contributed by atoms with E-state index in [0.717, 1.165) is 23.5 Å². The molecule has 0 saturated heterocycles. The van der Waals surface area contributed by atoms with Gasteiger partial charge in [-0.25, -0.2) is 0 Å². The van der Waals surface area contributed by atoms with Crippen molar-refractivity contribution < 1.29 is 4.74 Å². The summed E-state index contributed by atoms with van der Waals surface area (Å²) < 4.78 is 5.41. The van der Waals surface area contributed by atoms with Gasteiger partial charge in [-0.2, -0.15) is 12.6 Å². The second-order valence-corrected chi connectivity index (χ2v) is 4.26. The van der Waals surface area contributed by atoms with Gasteiger partial charge in [0.15, 0.2) is 0 Å². The predicted molar refractivity (Wildman–Crippen MR) is 78.0 cm³/mol. The fourth-order valence-electron chi connectivity index (χ4n) is 1.90. The second kappa shape index (κ2) is 5.78. The first kappa shape index (κ1) is 12.1. The van der Waals surface area contributed by atoms with Gasteiger partial charge in [-0.15, -0.1) is 0 Å². The lowest BCUT2D eigenvalue weighted by molar-refractivity contribution is 0.414. The van der Waals surface area contributed by atoms with E-state index < -0.39 is 0 Å². The van der Waals surface area contributed by atoms with Gasteiger partial charge in [-0.1, -0.05) is 42.5 Å². The number of rotatable bonds is 4. The van der Waals surface area contributed by atoms with Crippen LogP contribution >= 0.6 is 12.6 Å². The van der Waals surface area contributed by atoms with Crippen molar-refractivity contribution in [1.82, 2.24) is 0 Å². The number of ether oxygens (including phenoxy) is 1. The zero-order valence-electron chi connectivity index (χ0n) is 9.89. The Kier molecular flexibility index (Phi) is 4.10. The topological polar surface area (TPSA) is 9.23 Å². The summed E-state index contributed by atoms with van der Waals surface area (Å²) in [6.45, 7) is 0. The van der Waals surface area contributed by atoms with Gasteiger partial charge in [0.25, 0.3) is 0 Å². The summed E-state index contributed by atoms with van der Waals surface area (Å²) in [7, 11) is 1.71. The van der Waals surface area contributed by atoms with E-state index in [0.29, 0.717) is 0 Å². The Labute approximate surface area is 108 Å². The van der Waals surface area contributed by atoms with E-state index >= 15 is 0 Å². The first-order valence-electron chi connectivity index (χ1n) is 5.70. The average molecular weight is 244 g/mol. The maximum Gasteiger partial charge on any atom is 0.126 e. The van der Waals surface area contributed by atoms with Crippen molar-refractivity contribution in [3.05, 3.63) is 48.0 Å². The molecule has 0 saturated carbocycles. The van der Waals surface area contributed by atoms with Crippen molar-refractivity contribution in [2.75, 3.05) is 12.9 Å². The van der Waals surface area contributed by atoms with Crippen molar-refractivity contribution in [3.63, 3.8) is 0 Å². The molecule has 0 aliphatic rings. The molecule has 2 rings (SSSR count). The van der Waals surface area contributed by atoms with Crippen molar-refractivity contribution >= 4 is 29.5 Å². The summed E-state index contributed by atoms with van der Waals surface area (Å²) in [5.74, 6) is 1.78. The molecule has 1 nitrogen and oxygen atoms in total. The summed E-state index contributed by atoms with van der Waals surface area (Å²) in [5, 5.41) is 2.46. The molecule has 0 N–H and O–H groups in total. The molecule has 0 atom stereocenters. The van der Waals surface area contributed by atoms with Gasteiger partial charge in [0.2, 0.25) is 0 Å². The highest BCUT2D eigenvalue weighted by Gasteiger charge is 2.04. The average Bonchev–Trinajstić information content (AvgIpc) is 2.39. The molecule has 0 heterocycles. The fraction of sp³-hybridized carbons (Fsp3) is 0.200. The van der Waals surface area contributed by atoms with E-state index in [2.05, 4.69) is 55.1 Å². The number of methoxy groups -OCH3 is 1. The molecule has 2 heteroatoms. The Morgan fingerprint density at radius 3 is 2.76 bits per heavy atom. The first-order valence-corrected chi connectivity index (χ1v) is 6.33. The highest BCUT2D eigenvalue weighted by atomic mass is 32.1. The molecule has 17 heavy (non-hydrogen) atoms. The van der Waals surface area contributed by atoms with Crippen LogP contribution in [0, 0.1) is 0 Å². The Morgan fingerprint density at radius 1 is 1.18 bits per heavy atom. The van der Waals surface area contributed by atoms with Crippen LogP contribution in [0.1, 0.15) is 12.0 Å². The van der Waals surface area contributed by atoms with Gasteiger partial charge in [-0.3, -0.25) is 0 Å². The van der Waals surface area contributed by atoms with E-state index in [1.54, 1.807) is 7.11 Å². The van der Waals surface area contributed by atoms with Crippen LogP contribution in [-0.4, -0.2) is 12.9 Å². The van der Waals surface area contributed by atoms with Crippen molar-refractivity contribution in [2.24, 2.45) is 0 Å². The lowest BCUT2D eigenvalue weighted by Crippen LogP contribution is -1.88. The summed E-state index contributed by atoms with van der Waals surface area (Å²) in [6, 6.07) is 12.4. The molecule has 0 fully saturated rings. The van der Waals surface area contributed by atoms with Crippen LogP contribution in [0.4, 0.5) is 0 Å². The third kappa shape index (κ3) is 2.64. The van der Waals surface area contributed by atoms with Gasteiger partial charge in [0.1, 0.15) is 5.75 Å². The van der Waals surface area contributed by atoms with Crippen molar-refractivity contribution in [2.45, 2.75) is 6.42 Å². The lowest BCUT2D eigenvalue weighted by atomic mass is 10.0. The molecule has 2 aromatic carbocycles. The van der Waals surface area contributed by atoms with Crippen LogP contribution in [0.25, 0.3) is 16.8 Å². The molecule has 0 radical (unpaired) electrons. The number of fused-ring (bicyclic) bond motifs is 1. The third-order valence-corrected chi connectivity index (χ3v) is 2.99. The summed E-state index contributed by atoms with van der Waals surface area (Å²) in [4.78, 5) is 0. The Hall–Kier alpha value is -1.41. The number of hydrogen-bond acceptors (Lipinski definition) is 2. The second-order valence-electron chi connectivity index (χ2n) is 3.82. The predicted octanol–water partition coefficient (Wildman–Crippen LogP) is 4.18. The molecule has 0 spiro atoms. The van der Waals surface area contributed by atoms with Crippen LogP contribution in [0.15, 0.2) is 42.5 Å². The van der Waals surface area contributed by atoms with Crippen LogP contribution in [0.5, 0.6) is 5.75 Å². The van der Waals surface area contributed by atoms with Crippen LogP contribution in [-0.2, 0) is 0 Å². The number of benzene rings is 2. The highest BCUT2D eigenvalue weighted by molar-refractivity contribution is 7.80. The maximum absolute atomic E-state index is 5.41. The van der Waals surface area contributed by atoms with E-state index in [9.17, 15) is 0 Å². The third-order valence-electron chi connectivity index (χ3n) is 2.73. The SMILES string of the molecule is COc1ccc2ccccc2c1C=CCCS. The Morgan fingerprint density at radius 2 is 2.00 bits per heavy atom. The first-order chi connectivity index (χ1) is 8.36. The summed E-state index contributed by atoms with van der Waals surface area (Å²) in [6.07, 6.45) is 5.23. The molecule has 0 aromatic heterocycles. The summed E-state index contributed by atoms with van der Waals surface area (Å²) >= 11 is 4.21. The molecule has 0 aliphatic heterocycles. The zero-order chi connectivity index (χ0) is 12.1. The van der Waals surface area contributed by atoms with Gasteiger partial charge in [0.05, 0.1) is 7.11 Å². The van der Waals surface area contributed by atoms with Gasteiger partial charge >= 0.3 is 0 Å². The van der Waals surface area contributed by atoms with Crippen LogP contribution in [0.2, 0.25) is 0 Å². The van der Waals surface area contributed by atoms with E-state index in [-0.39, 0.29) is 0 Å². The van der Waals surface area contributed by atoms with E-state index in [1.165, 1.54) is 10.8 Å². The minimum atomic E-state index is 0.865. The van der Waals surface area contributed by atoms with Crippen molar-refractivity contribution in [1.29, 1.82) is 0 Å². The quantitative estimate of drug-likeness (QED) is 0.794. The standard InChI is InChI=1S/C15H16OS/c1-16-15-10-9-12-6-2-3-7-13(12)14(15)8-4-5-11-17/h2-4,6-10,17H,5,11H2,1H3. The minimum Gasteiger partial charge on any atom is -0.496 e. The summed E-state index contributed by atoms with van der Waals surface area (Å²) in [5.41, 5.74) is 1.15. The molecular weight excluding hydrogens is 228 g/mol. The monoisotopic (exact) mass is 244 g/mol. The zero-order valence-corrected chi connectivity index (χ0v) is 10.8. The molecular formula is C15H16OS. The Bertz CT molecular complexity index is 531. The minimum absolute atomic E-state index is 0.865. The van der Waals surface area contributed by atoms with E-state index in [1.807, 2.05) is 6.07 Å². The normalized spacial score (nSPS) is 11.2. The molecule has 0 bridgehead atoms. The molecule has 88 valence electrons.